The number of aryl methyl sites for hydroxylation is 1. The largest absolute Gasteiger partial charge is 0.371 e. The molecule has 3 saturated heterocycles. The molecule has 4 amide bonds. The minimum Gasteiger partial charge on any atom is -0.371 e. The first-order valence-electron chi connectivity index (χ1n) is 21.1. The SMILES string of the molecule is Cc1nc2c(F)cc(-c3nc(Nc4ccc(S(=O)(=O)N5CCN(CC6CCN(c7cccc8c7C(=O)N(C7CCC(=O)NC7=O)C8=O)CC6)CC5)cc4)ncc3F)cc2n1C(C)C. The highest BCUT2D eigenvalue weighted by Crippen LogP contribution is 2.37. The van der Waals surface area contributed by atoms with Crippen molar-refractivity contribution < 1.29 is 36.4 Å². The van der Waals surface area contributed by atoms with E-state index in [1.54, 1.807) is 37.3 Å². The summed E-state index contributed by atoms with van der Waals surface area (Å²) in [7, 11) is -3.80. The van der Waals surface area contributed by atoms with Gasteiger partial charge in [-0.05, 0) is 94.5 Å². The van der Waals surface area contributed by atoms with Gasteiger partial charge < -0.3 is 19.7 Å². The Bertz CT molecular complexity index is 2780. The van der Waals surface area contributed by atoms with Gasteiger partial charge in [0, 0.05) is 69.5 Å². The lowest BCUT2D eigenvalue weighted by molar-refractivity contribution is -0.136. The van der Waals surface area contributed by atoms with Crippen molar-refractivity contribution in [2.24, 2.45) is 5.92 Å². The van der Waals surface area contributed by atoms with Crippen molar-refractivity contribution in [1.82, 2.24) is 38.9 Å². The normalized spacial score (nSPS) is 19.4. The lowest BCUT2D eigenvalue weighted by atomic mass is 9.94. The number of sulfonamides is 1. The summed E-state index contributed by atoms with van der Waals surface area (Å²) in [6, 6.07) is 13.2. The molecule has 3 aromatic carbocycles. The van der Waals surface area contributed by atoms with Crippen LogP contribution in [0.4, 0.5) is 26.1 Å². The summed E-state index contributed by atoms with van der Waals surface area (Å²) < 4.78 is 61.1. The van der Waals surface area contributed by atoms with Crippen LogP contribution in [0.15, 0.2) is 65.7 Å². The zero-order valence-corrected chi connectivity index (χ0v) is 35.8. The molecule has 0 radical (unpaired) electrons. The lowest BCUT2D eigenvalue weighted by Gasteiger charge is -2.39. The van der Waals surface area contributed by atoms with E-state index in [0.717, 1.165) is 30.5 Å². The van der Waals surface area contributed by atoms with Crippen molar-refractivity contribution in [2.75, 3.05) is 56.0 Å². The van der Waals surface area contributed by atoms with Crippen LogP contribution in [0.2, 0.25) is 0 Å². The monoisotopic (exact) mass is 880 g/mol. The molecule has 0 saturated carbocycles. The average molecular weight is 881 g/mol. The summed E-state index contributed by atoms with van der Waals surface area (Å²) in [4.78, 5) is 69.5. The number of carbonyl (C=O) groups excluding carboxylic acids is 4. The first kappa shape index (κ1) is 42.1. The van der Waals surface area contributed by atoms with Crippen LogP contribution in [0.3, 0.4) is 0 Å². The molecule has 9 rings (SSSR count). The molecular formula is C44H46F2N10O6S. The molecule has 0 spiro atoms. The van der Waals surface area contributed by atoms with E-state index in [-0.39, 0.29) is 52.1 Å². The molecule has 0 aliphatic carbocycles. The van der Waals surface area contributed by atoms with Crippen LogP contribution < -0.4 is 15.5 Å². The Morgan fingerprint density at radius 1 is 0.873 bits per heavy atom. The quantitative estimate of drug-likeness (QED) is 0.179. The molecule has 328 valence electrons. The van der Waals surface area contributed by atoms with Crippen LogP contribution >= 0.6 is 0 Å². The molecule has 16 nitrogen and oxygen atoms in total. The summed E-state index contributed by atoms with van der Waals surface area (Å²) in [5.41, 5.74) is 2.53. The Balaban J connectivity index is 0.787. The Morgan fingerprint density at radius 3 is 2.30 bits per heavy atom. The van der Waals surface area contributed by atoms with Gasteiger partial charge in [0.25, 0.3) is 11.8 Å². The second-order valence-corrected chi connectivity index (χ2v) is 18.7. The van der Waals surface area contributed by atoms with Crippen molar-refractivity contribution in [1.29, 1.82) is 0 Å². The van der Waals surface area contributed by atoms with E-state index < -0.39 is 51.3 Å². The van der Waals surface area contributed by atoms with Crippen molar-refractivity contribution in [3.63, 3.8) is 0 Å². The summed E-state index contributed by atoms with van der Waals surface area (Å²) in [5.74, 6) is -2.40. The first-order chi connectivity index (χ1) is 30.2. The lowest BCUT2D eigenvalue weighted by Crippen LogP contribution is -2.54. The van der Waals surface area contributed by atoms with Crippen molar-refractivity contribution >= 4 is 62.0 Å². The summed E-state index contributed by atoms with van der Waals surface area (Å²) in [6.07, 6.45) is 2.83. The molecule has 0 bridgehead atoms. The standard InChI is InChI=1S/C44H46F2N10O6S/c1-25(2)55-26(3)48-40-32(45)21-28(22-36(40)55)39-33(46)23-47-44(51-39)49-29-7-9-30(10-8-29)63(61,62)54-19-17-52(18-20-54)24-27-13-15-53(16-14-27)34-6-4-5-31-38(34)43(60)56(42(31)59)35-11-12-37(57)50-41(35)58/h4-10,21-23,25,27,35H,11-20,24H2,1-3H3,(H,47,49,51)(H,50,57,58). The fourth-order valence-electron chi connectivity index (χ4n) is 9.31. The summed E-state index contributed by atoms with van der Waals surface area (Å²) in [6.45, 7) is 9.61. The number of anilines is 3. The zero-order chi connectivity index (χ0) is 44.3. The van der Waals surface area contributed by atoms with Gasteiger partial charge >= 0.3 is 0 Å². The Morgan fingerprint density at radius 2 is 1.60 bits per heavy atom. The Hall–Kier alpha value is -6.18. The van der Waals surface area contributed by atoms with Crippen LogP contribution in [0.1, 0.15) is 72.1 Å². The van der Waals surface area contributed by atoms with E-state index in [9.17, 15) is 27.6 Å². The number of imidazole rings is 1. The smallest absolute Gasteiger partial charge is 0.264 e. The number of halogens is 2. The van der Waals surface area contributed by atoms with Gasteiger partial charge in [0.1, 0.15) is 23.1 Å². The second-order valence-electron chi connectivity index (χ2n) is 16.8. The highest BCUT2D eigenvalue weighted by molar-refractivity contribution is 7.89. The number of aromatic nitrogens is 4. The van der Waals surface area contributed by atoms with Gasteiger partial charge in [-0.15, -0.1) is 0 Å². The molecule has 63 heavy (non-hydrogen) atoms. The average Bonchev–Trinajstić information content (AvgIpc) is 3.74. The minimum absolute atomic E-state index is 0.00445. The number of piperazine rings is 1. The number of amides is 4. The molecule has 2 N–H and O–H groups in total. The fraction of sp³-hybridized carbons (Fsp3) is 0.386. The van der Waals surface area contributed by atoms with Crippen molar-refractivity contribution in [3.05, 3.63) is 89.4 Å². The van der Waals surface area contributed by atoms with E-state index in [2.05, 4.69) is 35.4 Å². The molecule has 1 atom stereocenters. The van der Waals surface area contributed by atoms with Gasteiger partial charge in [0.05, 0.1) is 33.4 Å². The number of hydrogen-bond donors (Lipinski definition) is 2. The molecule has 4 aliphatic heterocycles. The summed E-state index contributed by atoms with van der Waals surface area (Å²) in [5, 5.41) is 5.24. The van der Waals surface area contributed by atoms with Crippen LogP contribution in [0.5, 0.6) is 0 Å². The van der Waals surface area contributed by atoms with Crippen LogP contribution in [-0.4, -0.2) is 118 Å². The molecular weight excluding hydrogens is 835 g/mol. The van der Waals surface area contributed by atoms with Crippen molar-refractivity contribution in [2.45, 2.75) is 63.4 Å². The molecule has 2 aromatic heterocycles. The van der Waals surface area contributed by atoms with Crippen LogP contribution in [0.25, 0.3) is 22.3 Å². The molecule has 6 heterocycles. The number of nitrogens with one attached hydrogen (secondary N) is 2. The molecule has 4 aliphatic rings. The number of hydrogen-bond acceptors (Lipinski definition) is 12. The number of rotatable bonds is 10. The zero-order valence-electron chi connectivity index (χ0n) is 35.0. The highest BCUT2D eigenvalue weighted by atomic mass is 32.2. The van der Waals surface area contributed by atoms with Gasteiger partial charge in [-0.25, -0.2) is 32.2 Å². The molecule has 19 heteroatoms. The van der Waals surface area contributed by atoms with E-state index in [1.165, 1.54) is 22.5 Å². The van der Waals surface area contributed by atoms with E-state index >= 15 is 8.78 Å². The predicted molar refractivity (Wildman–Crippen MR) is 229 cm³/mol. The van der Waals surface area contributed by atoms with Crippen LogP contribution in [-0.2, 0) is 19.6 Å². The van der Waals surface area contributed by atoms with Gasteiger partial charge in [-0.3, -0.25) is 29.4 Å². The third kappa shape index (κ3) is 7.82. The number of nitrogens with zero attached hydrogens (tertiary/aromatic N) is 8. The maximum Gasteiger partial charge on any atom is 0.264 e. The first-order valence-corrected chi connectivity index (χ1v) is 22.5. The van der Waals surface area contributed by atoms with E-state index in [4.69, 9.17) is 0 Å². The van der Waals surface area contributed by atoms with E-state index in [0.29, 0.717) is 73.5 Å². The fourth-order valence-corrected chi connectivity index (χ4v) is 10.7. The number of carbonyl (C=O) groups is 4. The minimum atomic E-state index is -3.80. The maximum atomic E-state index is 15.2. The van der Waals surface area contributed by atoms with Gasteiger partial charge in [-0.2, -0.15) is 4.31 Å². The van der Waals surface area contributed by atoms with E-state index in [1.807, 2.05) is 24.5 Å². The Labute approximate surface area is 362 Å². The predicted octanol–water partition coefficient (Wildman–Crippen LogP) is 5.03. The van der Waals surface area contributed by atoms with Gasteiger partial charge in [0.2, 0.25) is 27.8 Å². The highest BCUT2D eigenvalue weighted by Gasteiger charge is 2.46. The molecule has 3 fully saturated rings. The number of piperidine rings is 2. The van der Waals surface area contributed by atoms with Gasteiger partial charge in [0.15, 0.2) is 11.6 Å². The maximum absolute atomic E-state index is 15.2. The van der Waals surface area contributed by atoms with Gasteiger partial charge in [-0.1, -0.05) is 6.07 Å². The van der Waals surface area contributed by atoms with Crippen LogP contribution in [0, 0.1) is 24.5 Å². The topological polar surface area (TPSA) is 183 Å². The molecule has 5 aromatic rings. The third-order valence-corrected chi connectivity index (χ3v) is 14.4. The van der Waals surface area contributed by atoms with Crippen molar-refractivity contribution in [3.8, 4) is 11.3 Å². The molecule has 1 unspecified atom stereocenters. The Kier molecular flexibility index (Phi) is 11.0. The third-order valence-electron chi connectivity index (χ3n) is 12.5. The number of fused-ring (bicyclic) bond motifs is 2. The second kappa shape index (κ2) is 16.5. The summed E-state index contributed by atoms with van der Waals surface area (Å²) >= 11 is 0. The number of imide groups is 2. The number of benzene rings is 3.